The zero-order valence-electron chi connectivity index (χ0n) is 12.3. The molecule has 7 nitrogen and oxygen atoms in total. The van der Waals surface area contributed by atoms with Crippen LogP contribution in [0.4, 0.5) is 4.79 Å². The van der Waals surface area contributed by atoms with Crippen LogP contribution in [-0.2, 0) is 13.1 Å². The lowest BCUT2D eigenvalue weighted by Crippen LogP contribution is -2.34. The molecule has 2 aromatic rings. The molecule has 116 valence electrons. The topological polar surface area (TPSA) is 89.3 Å². The average Bonchev–Trinajstić information content (AvgIpc) is 3.30. The highest BCUT2D eigenvalue weighted by molar-refractivity contribution is 5.73. The smallest absolute Gasteiger partial charge is 0.315 e. The van der Waals surface area contributed by atoms with Crippen LogP contribution in [0, 0.1) is 0 Å². The van der Waals surface area contributed by atoms with Crippen LogP contribution in [0.2, 0.25) is 0 Å². The molecule has 0 radical (unpaired) electrons. The molecule has 0 spiro atoms. The number of rotatable bonds is 6. The molecule has 1 aromatic heterocycles. The Labute approximate surface area is 128 Å². The number of carbonyl (C=O) groups excluding carboxylic acids is 1. The predicted octanol–water partition coefficient (Wildman–Crippen LogP) is 1.95. The highest BCUT2D eigenvalue weighted by atomic mass is 16.5. The molecule has 2 N–H and O–H groups in total. The van der Waals surface area contributed by atoms with Gasteiger partial charge in [0.05, 0.1) is 13.7 Å². The first-order valence-electron chi connectivity index (χ1n) is 7.21. The van der Waals surface area contributed by atoms with Crippen LogP contribution in [0.1, 0.15) is 36.0 Å². The van der Waals surface area contributed by atoms with Crippen LogP contribution in [0.5, 0.6) is 5.75 Å². The average molecular weight is 302 g/mol. The Morgan fingerprint density at radius 2 is 2.18 bits per heavy atom. The number of carbonyl (C=O) groups is 1. The van der Waals surface area contributed by atoms with Gasteiger partial charge < -0.3 is 19.9 Å². The minimum atomic E-state index is -0.283. The molecule has 1 heterocycles. The Balaban J connectivity index is 1.43. The van der Waals surface area contributed by atoms with Crippen LogP contribution in [0.3, 0.4) is 0 Å². The molecule has 3 rings (SSSR count). The highest BCUT2D eigenvalue weighted by Crippen LogP contribution is 2.37. The van der Waals surface area contributed by atoms with Gasteiger partial charge in [0.25, 0.3) is 0 Å². The largest absolute Gasteiger partial charge is 0.497 e. The van der Waals surface area contributed by atoms with E-state index in [4.69, 9.17) is 9.26 Å². The molecular weight excluding hydrogens is 284 g/mol. The second kappa shape index (κ2) is 6.46. The van der Waals surface area contributed by atoms with Gasteiger partial charge in [0.2, 0.25) is 5.89 Å². The first-order chi connectivity index (χ1) is 10.7. The Morgan fingerprint density at radius 1 is 1.36 bits per heavy atom. The van der Waals surface area contributed by atoms with E-state index in [0.29, 0.717) is 18.4 Å². The third kappa shape index (κ3) is 3.75. The van der Waals surface area contributed by atoms with E-state index in [9.17, 15) is 4.79 Å². The molecule has 0 unspecified atom stereocenters. The molecule has 22 heavy (non-hydrogen) atoms. The van der Waals surface area contributed by atoms with Crippen molar-refractivity contribution >= 4 is 6.03 Å². The lowest BCUT2D eigenvalue weighted by molar-refractivity contribution is 0.238. The molecule has 1 aliphatic rings. The van der Waals surface area contributed by atoms with Gasteiger partial charge in [-0.1, -0.05) is 17.3 Å². The van der Waals surface area contributed by atoms with Crippen molar-refractivity contribution in [2.24, 2.45) is 0 Å². The summed E-state index contributed by atoms with van der Waals surface area (Å²) in [6.07, 6.45) is 2.24. The third-order valence-corrected chi connectivity index (χ3v) is 3.41. The molecule has 2 amide bonds. The van der Waals surface area contributed by atoms with Crippen molar-refractivity contribution in [3.8, 4) is 5.75 Å². The molecule has 1 aromatic carbocycles. The number of nitrogens with one attached hydrogen (secondary N) is 2. The standard InChI is InChI=1S/C15H18N4O3/c1-21-12-4-2-3-10(7-12)8-16-15(20)17-9-13-18-14(19-22-13)11-5-6-11/h2-4,7,11H,5-6,8-9H2,1H3,(H2,16,17,20). The van der Waals surface area contributed by atoms with E-state index in [0.717, 1.165) is 30.0 Å². The summed E-state index contributed by atoms with van der Waals surface area (Å²) in [5.74, 6) is 2.38. The van der Waals surface area contributed by atoms with Gasteiger partial charge in [-0.3, -0.25) is 0 Å². The van der Waals surface area contributed by atoms with Crippen molar-refractivity contribution in [2.75, 3.05) is 7.11 Å². The molecule has 0 saturated heterocycles. The van der Waals surface area contributed by atoms with E-state index >= 15 is 0 Å². The third-order valence-electron chi connectivity index (χ3n) is 3.41. The number of methoxy groups -OCH3 is 1. The maximum Gasteiger partial charge on any atom is 0.315 e. The maximum absolute atomic E-state index is 11.8. The fourth-order valence-corrected chi connectivity index (χ4v) is 2.03. The second-order valence-corrected chi connectivity index (χ2v) is 5.21. The summed E-state index contributed by atoms with van der Waals surface area (Å²) in [6.45, 7) is 0.643. The van der Waals surface area contributed by atoms with Crippen LogP contribution in [0.25, 0.3) is 0 Å². The number of hydrogen-bond donors (Lipinski definition) is 2. The minimum absolute atomic E-state index is 0.226. The van der Waals surface area contributed by atoms with Gasteiger partial charge >= 0.3 is 6.03 Å². The number of hydrogen-bond acceptors (Lipinski definition) is 5. The quantitative estimate of drug-likeness (QED) is 0.851. The molecule has 7 heteroatoms. The van der Waals surface area contributed by atoms with Gasteiger partial charge in [-0.25, -0.2) is 4.79 Å². The molecule has 0 aliphatic heterocycles. The zero-order chi connectivity index (χ0) is 15.4. The van der Waals surface area contributed by atoms with Crippen molar-refractivity contribution in [3.63, 3.8) is 0 Å². The Morgan fingerprint density at radius 3 is 2.95 bits per heavy atom. The van der Waals surface area contributed by atoms with E-state index in [-0.39, 0.29) is 12.6 Å². The van der Waals surface area contributed by atoms with Gasteiger partial charge in [0, 0.05) is 12.5 Å². The number of nitrogens with zero attached hydrogens (tertiary/aromatic N) is 2. The normalized spacial score (nSPS) is 13.7. The maximum atomic E-state index is 11.8. The van der Waals surface area contributed by atoms with E-state index in [1.54, 1.807) is 7.11 Å². The van der Waals surface area contributed by atoms with Crippen molar-refractivity contribution in [1.82, 2.24) is 20.8 Å². The zero-order valence-corrected chi connectivity index (χ0v) is 12.3. The summed E-state index contributed by atoms with van der Waals surface area (Å²) in [6, 6.07) is 7.25. The SMILES string of the molecule is COc1cccc(CNC(=O)NCc2nc(C3CC3)no2)c1. The van der Waals surface area contributed by atoms with Gasteiger partial charge in [-0.15, -0.1) is 0 Å². The summed E-state index contributed by atoms with van der Waals surface area (Å²) in [4.78, 5) is 16.0. The van der Waals surface area contributed by atoms with E-state index < -0.39 is 0 Å². The molecule has 1 aliphatic carbocycles. The first-order valence-corrected chi connectivity index (χ1v) is 7.21. The number of aromatic nitrogens is 2. The summed E-state index contributed by atoms with van der Waals surface area (Å²) >= 11 is 0. The Hall–Kier alpha value is -2.57. The second-order valence-electron chi connectivity index (χ2n) is 5.21. The Kier molecular flexibility index (Phi) is 4.22. The van der Waals surface area contributed by atoms with Crippen LogP contribution >= 0.6 is 0 Å². The molecule has 1 saturated carbocycles. The lowest BCUT2D eigenvalue weighted by Gasteiger charge is -2.07. The fraction of sp³-hybridized carbons (Fsp3) is 0.400. The number of amides is 2. The predicted molar refractivity (Wildman–Crippen MR) is 78.3 cm³/mol. The van der Waals surface area contributed by atoms with E-state index in [1.807, 2.05) is 24.3 Å². The van der Waals surface area contributed by atoms with Crippen LogP contribution in [0.15, 0.2) is 28.8 Å². The number of urea groups is 1. The van der Waals surface area contributed by atoms with Gasteiger partial charge in [0.15, 0.2) is 5.82 Å². The molecule has 1 fully saturated rings. The Bertz CT molecular complexity index is 652. The first kappa shape index (κ1) is 14.4. The van der Waals surface area contributed by atoms with E-state index in [1.165, 1.54) is 0 Å². The summed E-state index contributed by atoms with van der Waals surface area (Å²) < 4.78 is 10.2. The summed E-state index contributed by atoms with van der Waals surface area (Å²) in [7, 11) is 1.61. The number of benzene rings is 1. The van der Waals surface area contributed by atoms with Gasteiger partial charge in [-0.2, -0.15) is 4.98 Å². The fourth-order valence-electron chi connectivity index (χ4n) is 2.03. The molecular formula is C15H18N4O3. The highest BCUT2D eigenvalue weighted by Gasteiger charge is 2.28. The molecule has 0 atom stereocenters. The van der Waals surface area contributed by atoms with Crippen LogP contribution in [-0.4, -0.2) is 23.3 Å². The number of ether oxygens (including phenoxy) is 1. The van der Waals surface area contributed by atoms with Crippen molar-refractivity contribution in [2.45, 2.75) is 31.8 Å². The van der Waals surface area contributed by atoms with Gasteiger partial charge in [0.1, 0.15) is 5.75 Å². The monoisotopic (exact) mass is 302 g/mol. The summed E-state index contributed by atoms with van der Waals surface area (Å²) in [5.41, 5.74) is 0.961. The molecule has 0 bridgehead atoms. The minimum Gasteiger partial charge on any atom is -0.497 e. The summed E-state index contributed by atoms with van der Waals surface area (Å²) in [5, 5.41) is 9.36. The van der Waals surface area contributed by atoms with E-state index in [2.05, 4.69) is 20.8 Å². The van der Waals surface area contributed by atoms with Crippen molar-refractivity contribution in [1.29, 1.82) is 0 Å². The van der Waals surface area contributed by atoms with Crippen molar-refractivity contribution in [3.05, 3.63) is 41.5 Å². The van der Waals surface area contributed by atoms with Gasteiger partial charge in [-0.05, 0) is 30.5 Å². The van der Waals surface area contributed by atoms with Crippen molar-refractivity contribution < 1.29 is 14.1 Å². The van der Waals surface area contributed by atoms with Crippen LogP contribution < -0.4 is 15.4 Å². The lowest BCUT2D eigenvalue weighted by atomic mass is 10.2.